The number of nitrogens with one attached hydrogen (secondary N) is 1. The zero-order valence-electron chi connectivity index (χ0n) is 10.7. The fourth-order valence-corrected chi connectivity index (χ4v) is 3.02. The van der Waals surface area contributed by atoms with Crippen LogP contribution in [-0.4, -0.2) is 23.2 Å². The number of aromatic nitrogens is 1. The highest BCUT2D eigenvalue weighted by Crippen LogP contribution is 2.36. The van der Waals surface area contributed by atoms with Gasteiger partial charge in [-0.25, -0.2) is 9.78 Å². The number of halogens is 3. The molecule has 21 heavy (non-hydrogen) atoms. The maximum atomic E-state index is 10.8. The standard InChI is InChI=1S/C13H9Br2ClN2O3/c1-21-11-4-10(7(14)3-8(11)15)18-12-9(16)2-6(5-17-12)13(19)20/h2-5H,1H3,(H,17,18)(H,19,20). The van der Waals surface area contributed by atoms with Crippen LogP contribution in [0.5, 0.6) is 5.75 Å². The minimum absolute atomic E-state index is 0.0259. The molecule has 0 bridgehead atoms. The summed E-state index contributed by atoms with van der Waals surface area (Å²) in [6.45, 7) is 0. The van der Waals surface area contributed by atoms with Crippen LogP contribution in [0.25, 0.3) is 0 Å². The van der Waals surface area contributed by atoms with Gasteiger partial charge in [0.05, 0.1) is 27.9 Å². The molecule has 0 aliphatic heterocycles. The molecule has 0 atom stereocenters. The van der Waals surface area contributed by atoms with Gasteiger partial charge < -0.3 is 15.2 Å². The summed E-state index contributed by atoms with van der Waals surface area (Å²) in [5.41, 5.74) is 0.713. The van der Waals surface area contributed by atoms with Crippen molar-refractivity contribution in [3.05, 3.63) is 43.9 Å². The van der Waals surface area contributed by atoms with Crippen LogP contribution < -0.4 is 10.1 Å². The quantitative estimate of drug-likeness (QED) is 0.726. The molecule has 1 aromatic heterocycles. The molecule has 0 aliphatic rings. The van der Waals surface area contributed by atoms with Crippen molar-refractivity contribution < 1.29 is 14.6 Å². The molecule has 0 amide bonds. The molecule has 1 heterocycles. The Morgan fingerprint density at radius 1 is 1.33 bits per heavy atom. The van der Waals surface area contributed by atoms with Crippen LogP contribution in [0.1, 0.15) is 10.4 Å². The lowest BCUT2D eigenvalue weighted by atomic mass is 10.2. The summed E-state index contributed by atoms with van der Waals surface area (Å²) in [7, 11) is 1.56. The number of ether oxygens (including phenoxy) is 1. The number of hydrogen-bond acceptors (Lipinski definition) is 4. The van der Waals surface area contributed by atoms with Gasteiger partial charge in [0, 0.05) is 16.7 Å². The highest BCUT2D eigenvalue weighted by Gasteiger charge is 2.12. The average Bonchev–Trinajstić information content (AvgIpc) is 2.43. The molecule has 5 nitrogen and oxygen atoms in total. The largest absolute Gasteiger partial charge is 0.495 e. The van der Waals surface area contributed by atoms with Crippen LogP contribution in [-0.2, 0) is 0 Å². The summed E-state index contributed by atoms with van der Waals surface area (Å²) in [6, 6.07) is 4.92. The second-order valence-corrected chi connectivity index (χ2v) is 6.07. The molecule has 0 spiro atoms. The number of anilines is 2. The van der Waals surface area contributed by atoms with Crippen molar-refractivity contribution in [1.82, 2.24) is 4.98 Å². The van der Waals surface area contributed by atoms with Gasteiger partial charge in [-0.3, -0.25) is 0 Å². The van der Waals surface area contributed by atoms with Gasteiger partial charge in [0.1, 0.15) is 11.6 Å². The molecule has 0 unspecified atom stereocenters. The van der Waals surface area contributed by atoms with Gasteiger partial charge in [-0.05, 0) is 44.0 Å². The first-order valence-corrected chi connectivity index (χ1v) is 7.57. The monoisotopic (exact) mass is 434 g/mol. The summed E-state index contributed by atoms with van der Waals surface area (Å²) in [5, 5.41) is 12.1. The zero-order valence-corrected chi connectivity index (χ0v) is 14.6. The number of pyridine rings is 1. The average molecular weight is 436 g/mol. The first kappa shape index (κ1) is 16.1. The third-order valence-electron chi connectivity index (χ3n) is 2.58. The first-order valence-electron chi connectivity index (χ1n) is 5.61. The molecular weight excluding hydrogens is 427 g/mol. The van der Waals surface area contributed by atoms with Gasteiger partial charge in [0.25, 0.3) is 0 Å². The van der Waals surface area contributed by atoms with E-state index in [2.05, 4.69) is 42.2 Å². The van der Waals surface area contributed by atoms with Gasteiger partial charge >= 0.3 is 5.97 Å². The van der Waals surface area contributed by atoms with Crippen molar-refractivity contribution in [3.8, 4) is 5.75 Å². The Hall–Kier alpha value is -1.31. The van der Waals surface area contributed by atoms with E-state index in [0.29, 0.717) is 17.3 Å². The van der Waals surface area contributed by atoms with E-state index in [-0.39, 0.29) is 10.6 Å². The Morgan fingerprint density at radius 3 is 2.62 bits per heavy atom. The number of nitrogens with zero attached hydrogens (tertiary/aromatic N) is 1. The van der Waals surface area contributed by atoms with Gasteiger partial charge in [-0.2, -0.15) is 0 Å². The SMILES string of the molecule is COc1cc(Nc2ncc(C(=O)O)cc2Cl)c(Br)cc1Br. The normalized spacial score (nSPS) is 10.3. The fraction of sp³-hybridized carbons (Fsp3) is 0.0769. The molecule has 0 radical (unpaired) electrons. The zero-order chi connectivity index (χ0) is 15.6. The summed E-state index contributed by atoms with van der Waals surface area (Å²) in [4.78, 5) is 14.9. The Morgan fingerprint density at radius 2 is 2.05 bits per heavy atom. The Kier molecular flexibility index (Phi) is 5.08. The van der Waals surface area contributed by atoms with Gasteiger partial charge in [0.2, 0.25) is 0 Å². The van der Waals surface area contributed by atoms with Gasteiger partial charge in [-0.1, -0.05) is 11.6 Å². The number of benzene rings is 1. The second kappa shape index (κ2) is 6.64. The Labute approximate surface area is 142 Å². The van der Waals surface area contributed by atoms with Crippen molar-refractivity contribution >= 4 is 60.9 Å². The van der Waals surface area contributed by atoms with Crippen molar-refractivity contribution in [1.29, 1.82) is 0 Å². The van der Waals surface area contributed by atoms with E-state index in [9.17, 15) is 4.79 Å². The van der Waals surface area contributed by atoms with Gasteiger partial charge in [0.15, 0.2) is 0 Å². The second-order valence-electron chi connectivity index (χ2n) is 3.95. The van der Waals surface area contributed by atoms with E-state index in [1.807, 2.05) is 6.07 Å². The van der Waals surface area contributed by atoms with E-state index >= 15 is 0 Å². The molecule has 0 fully saturated rings. The molecule has 2 aromatic rings. The Balaban J connectivity index is 2.36. The lowest BCUT2D eigenvalue weighted by molar-refractivity contribution is 0.0696. The van der Waals surface area contributed by atoms with Crippen molar-refractivity contribution in [2.75, 3.05) is 12.4 Å². The topological polar surface area (TPSA) is 71.5 Å². The van der Waals surface area contributed by atoms with E-state index in [1.165, 1.54) is 12.3 Å². The van der Waals surface area contributed by atoms with Crippen molar-refractivity contribution in [3.63, 3.8) is 0 Å². The predicted octanol–water partition coefficient (Wildman–Crippen LogP) is 4.71. The molecule has 0 aliphatic carbocycles. The van der Waals surface area contributed by atoms with Crippen LogP contribution in [0.15, 0.2) is 33.3 Å². The predicted molar refractivity (Wildman–Crippen MR) is 87.9 cm³/mol. The summed E-state index contributed by atoms with van der Waals surface area (Å²) in [6.07, 6.45) is 1.24. The molecule has 8 heteroatoms. The summed E-state index contributed by atoms with van der Waals surface area (Å²) < 4.78 is 6.79. The number of carbonyl (C=O) groups is 1. The Bertz CT molecular complexity index is 710. The third kappa shape index (κ3) is 3.66. The maximum Gasteiger partial charge on any atom is 0.337 e. The third-order valence-corrected chi connectivity index (χ3v) is 4.15. The molecule has 2 rings (SSSR count). The molecule has 110 valence electrons. The smallest absolute Gasteiger partial charge is 0.337 e. The van der Waals surface area contributed by atoms with Crippen LogP contribution in [0.2, 0.25) is 5.02 Å². The first-order chi connectivity index (χ1) is 9.92. The summed E-state index contributed by atoms with van der Waals surface area (Å²) in [5.74, 6) is -0.0897. The van der Waals surface area contributed by atoms with Crippen molar-refractivity contribution in [2.24, 2.45) is 0 Å². The van der Waals surface area contributed by atoms with Crippen LogP contribution >= 0.6 is 43.5 Å². The molecule has 1 aromatic carbocycles. The van der Waals surface area contributed by atoms with E-state index in [0.717, 1.165) is 8.95 Å². The fourth-order valence-electron chi connectivity index (χ4n) is 1.56. The van der Waals surface area contributed by atoms with Gasteiger partial charge in [-0.15, -0.1) is 0 Å². The van der Waals surface area contributed by atoms with Crippen LogP contribution in [0, 0.1) is 0 Å². The molecule has 0 saturated carbocycles. The van der Waals surface area contributed by atoms with Crippen molar-refractivity contribution in [2.45, 2.75) is 0 Å². The lowest BCUT2D eigenvalue weighted by Gasteiger charge is -2.12. The maximum absolute atomic E-state index is 10.8. The molecule has 2 N–H and O–H groups in total. The van der Waals surface area contributed by atoms with E-state index in [4.69, 9.17) is 21.4 Å². The molecular formula is C13H9Br2ClN2O3. The van der Waals surface area contributed by atoms with E-state index in [1.54, 1.807) is 13.2 Å². The highest BCUT2D eigenvalue weighted by molar-refractivity contribution is 9.11. The van der Waals surface area contributed by atoms with Crippen LogP contribution in [0.3, 0.4) is 0 Å². The number of hydrogen-bond donors (Lipinski definition) is 2. The number of carboxylic acids is 1. The number of aromatic carboxylic acids is 1. The van der Waals surface area contributed by atoms with E-state index < -0.39 is 5.97 Å². The lowest BCUT2D eigenvalue weighted by Crippen LogP contribution is -2.01. The highest BCUT2D eigenvalue weighted by atomic mass is 79.9. The summed E-state index contributed by atoms with van der Waals surface area (Å²) >= 11 is 12.8. The number of carboxylic acid groups (broad SMARTS) is 1. The number of rotatable bonds is 4. The van der Waals surface area contributed by atoms with Crippen LogP contribution in [0.4, 0.5) is 11.5 Å². The minimum atomic E-state index is -1.08. The minimum Gasteiger partial charge on any atom is -0.495 e. The number of methoxy groups -OCH3 is 1. The molecule has 0 saturated heterocycles.